The second-order valence-corrected chi connectivity index (χ2v) is 9.41. The lowest BCUT2D eigenvalue weighted by atomic mass is 10.0. The number of ether oxygens (including phenoxy) is 2. The Balaban J connectivity index is 0.00000320. The van der Waals surface area contributed by atoms with Crippen LogP contribution in [0.25, 0.3) is 11.0 Å². The number of likely N-dealkylation sites (tertiary alicyclic amines) is 1. The molecule has 10 heteroatoms. The van der Waals surface area contributed by atoms with Gasteiger partial charge in [-0.2, -0.15) is 13.5 Å². The van der Waals surface area contributed by atoms with Crippen molar-refractivity contribution in [3.8, 4) is 5.75 Å². The predicted molar refractivity (Wildman–Crippen MR) is 143 cm³/mol. The van der Waals surface area contributed by atoms with E-state index in [1.807, 2.05) is 4.90 Å². The van der Waals surface area contributed by atoms with Crippen molar-refractivity contribution < 1.29 is 23.0 Å². The average molecular weight is 531 g/mol. The number of hydrogen-bond acceptors (Lipinski definition) is 6. The summed E-state index contributed by atoms with van der Waals surface area (Å²) in [5.41, 5.74) is 2.37. The van der Waals surface area contributed by atoms with Crippen LogP contribution in [0.15, 0.2) is 36.5 Å². The summed E-state index contributed by atoms with van der Waals surface area (Å²) in [6, 6.07) is 7.01. The van der Waals surface area contributed by atoms with Crippen LogP contribution in [-0.4, -0.2) is 60.2 Å². The Morgan fingerprint density at radius 3 is 2.65 bits per heavy atom. The van der Waals surface area contributed by atoms with E-state index in [1.54, 1.807) is 25.3 Å². The molecular formula is C27H32F2N4O3S. The minimum absolute atomic E-state index is 0. The summed E-state index contributed by atoms with van der Waals surface area (Å²) >= 11 is 0. The molecule has 1 aromatic heterocycles. The number of morpholine rings is 1. The van der Waals surface area contributed by atoms with Gasteiger partial charge in [-0.15, -0.1) is 0 Å². The van der Waals surface area contributed by atoms with Crippen molar-refractivity contribution in [2.75, 3.05) is 44.3 Å². The van der Waals surface area contributed by atoms with Gasteiger partial charge in [0, 0.05) is 43.4 Å². The van der Waals surface area contributed by atoms with E-state index in [9.17, 15) is 13.6 Å². The van der Waals surface area contributed by atoms with Crippen molar-refractivity contribution in [2.24, 2.45) is 5.92 Å². The molecular weight excluding hydrogens is 498 g/mol. The third-order valence-corrected chi connectivity index (χ3v) is 7.04. The van der Waals surface area contributed by atoms with Crippen molar-refractivity contribution >= 4 is 36.3 Å². The lowest BCUT2D eigenvalue weighted by Gasteiger charge is -2.28. The van der Waals surface area contributed by atoms with Crippen LogP contribution in [0.1, 0.15) is 48.7 Å². The SMILES string of the molecule is CC[C@H]1CCN(C(=O)c2cc(C(C)Oc3ccc(F)c(F)c3)c3nc(N4CCOCC4)cnc3c2)C1.S. The number of rotatable bonds is 6. The minimum atomic E-state index is -0.984. The topological polar surface area (TPSA) is 67.8 Å². The number of halogens is 2. The number of hydrogen-bond donors (Lipinski definition) is 0. The summed E-state index contributed by atoms with van der Waals surface area (Å²) < 4.78 is 38.7. The minimum Gasteiger partial charge on any atom is -0.486 e. The molecule has 7 nitrogen and oxygen atoms in total. The van der Waals surface area contributed by atoms with Crippen molar-refractivity contribution in [3.63, 3.8) is 0 Å². The molecule has 3 aromatic rings. The zero-order valence-electron chi connectivity index (χ0n) is 21.0. The Morgan fingerprint density at radius 2 is 1.95 bits per heavy atom. The van der Waals surface area contributed by atoms with E-state index in [4.69, 9.17) is 14.5 Å². The Morgan fingerprint density at radius 1 is 1.16 bits per heavy atom. The summed E-state index contributed by atoms with van der Waals surface area (Å²) in [7, 11) is 0. The molecule has 0 N–H and O–H groups in total. The van der Waals surface area contributed by atoms with Crippen molar-refractivity contribution in [3.05, 3.63) is 59.3 Å². The third-order valence-electron chi connectivity index (χ3n) is 7.04. The zero-order valence-corrected chi connectivity index (χ0v) is 22.0. The maximum absolute atomic E-state index is 13.8. The molecule has 0 spiro atoms. The van der Waals surface area contributed by atoms with Crippen LogP contribution in [-0.2, 0) is 4.74 Å². The van der Waals surface area contributed by atoms with Crippen LogP contribution in [0.5, 0.6) is 5.75 Å². The van der Waals surface area contributed by atoms with Crippen LogP contribution in [0.4, 0.5) is 14.6 Å². The first-order chi connectivity index (χ1) is 17.4. The molecule has 198 valence electrons. The molecule has 3 heterocycles. The molecule has 1 amide bonds. The molecule has 2 fully saturated rings. The van der Waals surface area contributed by atoms with E-state index in [1.165, 1.54) is 6.07 Å². The summed E-state index contributed by atoms with van der Waals surface area (Å²) in [6.07, 6.45) is 3.17. The standard InChI is InChI=1S/C27H30F2N4O3.H2S/c1-3-18-6-7-33(16-18)27(34)19-12-21(17(2)36-20-4-5-22(28)23(29)14-20)26-24(13-19)30-15-25(31-26)32-8-10-35-11-9-32;/h4-5,12-15,17-18H,3,6-11,16H2,1-2H3;1H2/t17?,18-;/m0./s1. The van der Waals surface area contributed by atoms with E-state index >= 15 is 0 Å². The summed E-state index contributed by atoms with van der Waals surface area (Å²) in [5.74, 6) is -0.550. The number of benzene rings is 2. The monoisotopic (exact) mass is 530 g/mol. The molecule has 2 atom stereocenters. The Kier molecular flexibility index (Phi) is 8.49. The average Bonchev–Trinajstić information content (AvgIpc) is 3.39. The van der Waals surface area contributed by atoms with Gasteiger partial charge in [-0.1, -0.05) is 13.3 Å². The highest BCUT2D eigenvalue weighted by atomic mass is 32.1. The molecule has 2 saturated heterocycles. The first kappa shape index (κ1) is 27.1. The third kappa shape index (κ3) is 5.80. The van der Waals surface area contributed by atoms with E-state index in [0.29, 0.717) is 54.4 Å². The van der Waals surface area contributed by atoms with Gasteiger partial charge in [-0.05, 0) is 43.5 Å². The van der Waals surface area contributed by atoms with Gasteiger partial charge in [0.1, 0.15) is 17.7 Å². The fourth-order valence-corrected chi connectivity index (χ4v) is 4.86. The maximum atomic E-state index is 13.8. The van der Waals surface area contributed by atoms with E-state index in [0.717, 1.165) is 43.9 Å². The Hall–Kier alpha value is -2.98. The Bertz CT molecular complexity index is 1270. The van der Waals surface area contributed by atoms with Crippen LogP contribution >= 0.6 is 13.5 Å². The highest BCUT2D eigenvalue weighted by Crippen LogP contribution is 2.31. The molecule has 5 rings (SSSR count). The van der Waals surface area contributed by atoms with Gasteiger partial charge < -0.3 is 19.3 Å². The zero-order chi connectivity index (χ0) is 25.2. The summed E-state index contributed by atoms with van der Waals surface area (Å²) in [4.78, 5) is 26.9. The number of anilines is 1. The number of nitrogens with zero attached hydrogens (tertiary/aromatic N) is 4. The molecule has 2 aliphatic heterocycles. The lowest BCUT2D eigenvalue weighted by molar-refractivity contribution is 0.0786. The molecule has 2 aromatic carbocycles. The van der Waals surface area contributed by atoms with E-state index < -0.39 is 17.7 Å². The van der Waals surface area contributed by atoms with Crippen molar-refractivity contribution in [1.82, 2.24) is 14.9 Å². The van der Waals surface area contributed by atoms with Crippen LogP contribution in [0.2, 0.25) is 0 Å². The molecule has 0 aliphatic carbocycles. The quantitative estimate of drug-likeness (QED) is 0.453. The lowest BCUT2D eigenvalue weighted by Crippen LogP contribution is -2.36. The fourth-order valence-electron chi connectivity index (χ4n) is 4.86. The van der Waals surface area contributed by atoms with Gasteiger partial charge >= 0.3 is 0 Å². The smallest absolute Gasteiger partial charge is 0.253 e. The largest absolute Gasteiger partial charge is 0.486 e. The summed E-state index contributed by atoms with van der Waals surface area (Å²) in [6.45, 7) is 8.07. The van der Waals surface area contributed by atoms with Gasteiger partial charge in [0.25, 0.3) is 5.91 Å². The van der Waals surface area contributed by atoms with Crippen LogP contribution in [0, 0.1) is 17.6 Å². The molecule has 2 aliphatic rings. The first-order valence-corrected chi connectivity index (χ1v) is 12.5. The molecule has 1 unspecified atom stereocenters. The van der Waals surface area contributed by atoms with Gasteiger partial charge in [-0.25, -0.2) is 13.8 Å². The second kappa shape index (κ2) is 11.6. The number of aromatic nitrogens is 2. The number of fused-ring (bicyclic) bond motifs is 1. The van der Waals surface area contributed by atoms with Gasteiger partial charge in [0.2, 0.25) is 0 Å². The predicted octanol–water partition coefficient (Wildman–Crippen LogP) is 4.87. The highest BCUT2D eigenvalue weighted by molar-refractivity contribution is 7.59. The normalized spacial score (nSPS) is 18.5. The number of carbonyl (C=O) groups is 1. The van der Waals surface area contributed by atoms with Crippen LogP contribution < -0.4 is 9.64 Å². The van der Waals surface area contributed by atoms with Gasteiger partial charge in [-0.3, -0.25) is 9.78 Å². The molecule has 37 heavy (non-hydrogen) atoms. The molecule has 0 bridgehead atoms. The van der Waals surface area contributed by atoms with Gasteiger partial charge in [0.05, 0.1) is 30.4 Å². The second-order valence-electron chi connectivity index (χ2n) is 9.41. The number of carbonyl (C=O) groups excluding carboxylic acids is 1. The number of amides is 1. The molecule has 0 radical (unpaired) electrons. The fraction of sp³-hybridized carbons (Fsp3) is 0.444. The van der Waals surface area contributed by atoms with E-state index in [-0.39, 0.29) is 25.2 Å². The summed E-state index contributed by atoms with van der Waals surface area (Å²) in [5, 5.41) is 0. The highest BCUT2D eigenvalue weighted by Gasteiger charge is 2.28. The van der Waals surface area contributed by atoms with E-state index in [2.05, 4.69) is 16.8 Å². The molecule has 0 saturated carbocycles. The first-order valence-electron chi connectivity index (χ1n) is 12.5. The Labute approximate surface area is 222 Å². The van der Waals surface area contributed by atoms with Crippen LogP contribution in [0.3, 0.4) is 0 Å². The van der Waals surface area contributed by atoms with Crippen molar-refractivity contribution in [1.29, 1.82) is 0 Å². The van der Waals surface area contributed by atoms with Gasteiger partial charge in [0.15, 0.2) is 11.6 Å². The van der Waals surface area contributed by atoms with Crippen molar-refractivity contribution in [2.45, 2.75) is 32.8 Å². The maximum Gasteiger partial charge on any atom is 0.253 e.